The molecule has 5 heteroatoms. The van der Waals surface area contributed by atoms with Gasteiger partial charge >= 0.3 is 0 Å². The summed E-state index contributed by atoms with van der Waals surface area (Å²) >= 11 is 0. The Kier molecular flexibility index (Phi) is 8.45. The Balaban J connectivity index is 0.00000264. The van der Waals surface area contributed by atoms with Crippen molar-refractivity contribution in [3.8, 4) is 11.5 Å². The first-order chi connectivity index (χ1) is 10.8. The second-order valence-electron chi connectivity index (χ2n) is 4.84. The van der Waals surface area contributed by atoms with E-state index in [-0.39, 0.29) is 24.8 Å². The molecule has 0 spiro atoms. The smallest absolute Gasteiger partial charge is 0.166 e. The van der Waals surface area contributed by atoms with Gasteiger partial charge in [0.05, 0.1) is 6.61 Å². The zero-order chi connectivity index (χ0) is 15.8. The Morgan fingerprint density at radius 2 is 1.70 bits per heavy atom. The van der Waals surface area contributed by atoms with Gasteiger partial charge in [0.1, 0.15) is 12.4 Å². The van der Waals surface area contributed by atoms with Crippen LogP contribution in [-0.2, 0) is 13.2 Å². The molecule has 0 aliphatic rings. The lowest BCUT2D eigenvalue weighted by Crippen LogP contribution is -2.13. The molecule has 23 heavy (non-hydrogen) atoms. The molecular formula is C18H23ClFNO2. The molecule has 0 saturated carbocycles. The summed E-state index contributed by atoms with van der Waals surface area (Å²) in [4.78, 5) is 0. The predicted molar refractivity (Wildman–Crippen MR) is 93.0 cm³/mol. The lowest BCUT2D eigenvalue weighted by Gasteiger charge is -2.16. The standard InChI is InChI=1S/C18H22FNO2.ClH/c1-3-20-12-14-9-7-11-17(21-4-2)18(14)22-13-15-8-5-6-10-16(15)19;/h5-11,20H,3-4,12-13H2,1-2H3;1H. The molecule has 0 unspecified atom stereocenters. The van der Waals surface area contributed by atoms with Crippen molar-refractivity contribution in [2.75, 3.05) is 13.2 Å². The van der Waals surface area contributed by atoms with Crippen molar-refractivity contribution >= 4 is 12.4 Å². The molecule has 0 fully saturated rings. The molecule has 0 amide bonds. The summed E-state index contributed by atoms with van der Waals surface area (Å²) in [5.41, 5.74) is 1.53. The molecule has 1 N–H and O–H groups in total. The largest absolute Gasteiger partial charge is 0.490 e. The summed E-state index contributed by atoms with van der Waals surface area (Å²) in [6.45, 7) is 6.26. The molecule has 126 valence electrons. The van der Waals surface area contributed by atoms with Crippen molar-refractivity contribution in [3.63, 3.8) is 0 Å². The van der Waals surface area contributed by atoms with Crippen LogP contribution >= 0.6 is 12.4 Å². The van der Waals surface area contributed by atoms with Gasteiger partial charge in [-0.25, -0.2) is 4.39 Å². The highest BCUT2D eigenvalue weighted by molar-refractivity contribution is 5.85. The third-order valence-corrected chi connectivity index (χ3v) is 3.26. The quantitative estimate of drug-likeness (QED) is 0.776. The SMILES string of the molecule is CCNCc1cccc(OCC)c1OCc1ccccc1F.Cl. The Bertz CT molecular complexity index is 607. The molecule has 0 atom stereocenters. The van der Waals surface area contributed by atoms with Crippen LogP contribution in [0.4, 0.5) is 4.39 Å². The van der Waals surface area contributed by atoms with Gasteiger partial charge in [-0.1, -0.05) is 37.3 Å². The summed E-state index contributed by atoms with van der Waals surface area (Å²) < 4.78 is 25.2. The molecule has 2 rings (SSSR count). The minimum absolute atomic E-state index is 0. The van der Waals surface area contributed by atoms with Gasteiger partial charge in [-0.2, -0.15) is 0 Å². The lowest BCUT2D eigenvalue weighted by atomic mass is 10.1. The first kappa shape index (κ1) is 19.3. The normalized spacial score (nSPS) is 10.0. The molecule has 2 aromatic rings. The molecule has 0 bridgehead atoms. The van der Waals surface area contributed by atoms with E-state index in [4.69, 9.17) is 9.47 Å². The fourth-order valence-electron chi connectivity index (χ4n) is 2.16. The lowest BCUT2D eigenvalue weighted by molar-refractivity contribution is 0.262. The van der Waals surface area contributed by atoms with Crippen molar-refractivity contribution in [3.05, 3.63) is 59.4 Å². The van der Waals surface area contributed by atoms with Crippen LogP contribution in [0.1, 0.15) is 25.0 Å². The average molecular weight is 340 g/mol. The average Bonchev–Trinajstić information content (AvgIpc) is 2.53. The maximum atomic E-state index is 13.7. The number of para-hydroxylation sites is 1. The molecule has 0 radical (unpaired) electrons. The van der Waals surface area contributed by atoms with Gasteiger partial charge in [-0.05, 0) is 25.6 Å². The first-order valence-electron chi connectivity index (χ1n) is 7.57. The van der Waals surface area contributed by atoms with Gasteiger partial charge in [-0.3, -0.25) is 0 Å². The summed E-state index contributed by atoms with van der Waals surface area (Å²) in [5.74, 6) is 1.10. The van der Waals surface area contributed by atoms with E-state index in [9.17, 15) is 4.39 Å². The van der Waals surface area contributed by atoms with Crippen LogP contribution in [0, 0.1) is 5.82 Å². The van der Waals surface area contributed by atoms with E-state index in [0.29, 0.717) is 30.2 Å². The van der Waals surface area contributed by atoms with Crippen molar-refractivity contribution in [2.45, 2.75) is 27.0 Å². The topological polar surface area (TPSA) is 30.5 Å². The highest BCUT2D eigenvalue weighted by Crippen LogP contribution is 2.32. The number of benzene rings is 2. The second kappa shape index (κ2) is 10.1. The van der Waals surface area contributed by atoms with Crippen molar-refractivity contribution in [1.82, 2.24) is 5.32 Å². The van der Waals surface area contributed by atoms with Gasteiger partial charge in [-0.15, -0.1) is 12.4 Å². The number of hydrogen-bond donors (Lipinski definition) is 1. The first-order valence-corrected chi connectivity index (χ1v) is 7.57. The zero-order valence-corrected chi connectivity index (χ0v) is 14.3. The van der Waals surface area contributed by atoms with E-state index in [1.807, 2.05) is 32.0 Å². The second-order valence-corrected chi connectivity index (χ2v) is 4.84. The van der Waals surface area contributed by atoms with E-state index in [2.05, 4.69) is 5.32 Å². The molecule has 0 heterocycles. The third kappa shape index (κ3) is 5.41. The number of rotatable bonds is 8. The summed E-state index contributed by atoms with van der Waals surface area (Å²) in [7, 11) is 0. The third-order valence-electron chi connectivity index (χ3n) is 3.26. The molecule has 3 nitrogen and oxygen atoms in total. The maximum Gasteiger partial charge on any atom is 0.166 e. The van der Waals surface area contributed by atoms with Gasteiger partial charge in [0.15, 0.2) is 11.5 Å². The molecule has 0 aliphatic heterocycles. The number of ether oxygens (including phenoxy) is 2. The van der Waals surface area contributed by atoms with Crippen LogP contribution in [0.15, 0.2) is 42.5 Å². The summed E-state index contributed by atoms with van der Waals surface area (Å²) in [6, 6.07) is 12.4. The van der Waals surface area contributed by atoms with Crippen LogP contribution in [0.5, 0.6) is 11.5 Å². The van der Waals surface area contributed by atoms with Crippen molar-refractivity contribution in [2.24, 2.45) is 0 Å². The van der Waals surface area contributed by atoms with Crippen LogP contribution in [0.25, 0.3) is 0 Å². The van der Waals surface area contributed by atoms with Gasteiger partial charge in [0.2, 0.25) is 0 Å². The molecule has 0 aliphatic carbocycles. The minimum Gasteiger partial charge on any atom is -0.490 e. The highest BCUT2D eigenvalue weighted by Gasteiger charge is 2.12. The maximum absolute atomic E-state index is 13.7. The number of nitrogens with one attached hydrogen (secondary N) is 1. The highest BCUT2D eigenvalue weighted by atomic mass is 35.5. The Hall–Kier alpha value is -1.78. The van der Waals surface area contributed by atoms with Gasteiger partial charge < -0.3 is 14.8 Å². The Labute approximate surface area is 143 Å². The van der Waals surface area contributed by atoms with Gasteiger partial charge in [0.25, 0.3) is 0 Å². The van der Waals surface area contributed by atoms with E-state index in [0.717, 1.165) is 12.1 Å². The van der Waals surface area contributed by atoms with Crippen LogP contribution in [0.3, 0.4) is 0 Å². The van der Waals surface area contributed by atoms with E-state index in [1.165, 1.54) is 6.07 Å². The van der Waals surface area contributed by atoms with E-state index < -0.39 is 0 Å². The minimum atomic E-state index is -0.260. The molecular weight excluding hydrogens is 317 g/mol. The zero-order valence-electron chi connectivity index (χ0n) is 13.5. The fourth-order valence-corrected chi connectivity index (χ4v) is 2.16. The van der Waals surface area contributed by atoms with Crippen LogP contribution < -0.4 is 14.8 Å². The van der Waals surface area contributed by atoms with Gasteiger partial charge in [0, 0.05) is 17.7 Å². The number of halogens is 2. The van der Waals surface area contributed by atoms with Crippen LogP contribution in [-0.4, -0.2) is 13.2 Å². The monoisotopic (exact) mass is 339 g/mol. The summed E-state index contributed by atoms with van der Waals surface area (Å²) in [6.07, 6.45) is 0. The predicted octanol–water partition coefficient (Wildman–Crippen LogP) is 4.33. The molecule has 0 aromatic heterocycles. The van der Waals surface area contributed by atoms with E-state index >= 15 is 0 Å². The van der Waals surface area contributed by atoms with Crippen LogP contribution in [0.2, 0.25) is 0 Å². The van der Waals surface area contributed by atoms with Crippen molar-refractivity contribution < 1.29 is 13.9 Å². The Morgan fingerprint density at radius 3 is 2.39 bits per heavy atom. The fraction of sp³-hybridized carbons (Fsp3) is 0.333. The summed E-state index contributed by atoms with van der Waals surface area (Å²) in [5, 5.41) is 3.27. The number of hydrogen-bond acceptors (Lipinski definition) is 3. The molecule has 2 aromatic carbocycles. The van der Waals surface area contributed by atoms with Crippen molar-refractivity contribution in [1.29, 1.82) is 0 Å². The molecule has 0 saturated heterocycles. The Morgan fingerprint density at radius 1 is 0.957 bits per heavy atom. The van der Waals surface area contributed by atoms with E-state index in [1.54, 1.807) is 18.2 Å².